The van der Waals surface area contributed by atoms with Crippen molar-refractivity contribution in [3.63, 3.8) is 0 Å². The number of anilines is 1. The topological polar surface area (TPSA) is 93.5 Å². The summed E-state index contributed by atoms with van der Waals surface area (Å²) in [7, 11) is 0. The Morgan fingerprint density at radius 2 is 2.35 bits per heavy atom. The molecule has 0 unspecified atom stereocenters. The number of carbonyl (C=O) groups excluding carboxylic acids is 2. The minimum atomic E-state index is -0.639. The van der Waals surface area contributed by atoms with Crippen LogP contribution in [0.4, 0.5) is 5.69 Å². The molecule has 0 saturated carbocycles. The second-order valence-electron chi connectivity index (χ2n) is 3.87. The number of nitrogens with one attached hydrogen (secondary N) is 2. The summed E-state index contributed by atoms with van der Waals surface area (Å²) in [6, 6.07) is 4.32. The Morgan fingerprint density at radius 1 is 1.59 bits per heavy atom. The zero-order chi connectivity index (χ0) is 12.4. The van der Waals surface area contributed by atoms with Gasteiger partial charge in [0.25, 0.3) is 11.8 Å². The van der Waals surface area contributed by atoms with Crippen LogP contribution in [0.25, 0.3) is 0 Å². The monoisotopic (exact) mass is 235 g/mol. The molecule has 1 aromatic carbocycles. The Kier molecular flexibility index (Phi) is 2.97. The number of nitrogens with two attached hydrogens (primary N) is 1. The van der Waals surface area contributed by atoms with Crippen LogP contribution in [-0.2, 0) is 9.63 Å². The average molecular weight is 235 g/mol. The van der Waals surface area contributed by atoms with Gasteiger partial charge in [-0.05, 0) is 30.7 Å². The minimum absolute atomic E-state index is 0.137. The van der Waals surface area contributed by atoms with Gasteiger partial charge in [-0.25, -0.2) is 5.48 Å². The largest absolute Gasteiger partial charge is 0.399 e. The van der Waals surface area contributed by atoms with Crippen LogP contribution < -0.4 is 16.5 Å². The smallest absolute Gasteiger partial charge is 0.268 e. The van der Waals surface area contributed by atoms with Gasteiger partial charge < -0.3 is 11.1 Å². The molecule has 0 aromatic heterocycles. The van der Waals surface area contributed by atoms with Crippen molar-refractivity contribution in [2.45, 2.75) is 13.0 Å². The normalized spacial score (nSPS) is 18.9. The van der Waals surface area contributed by atoms with E-state index in [0.717, 1.165) is 5.56 Å². The highest BCUT2D eigenvalue weighted by Crippen LogP contribution is 2.12. The number of aryl methyl sites for hydroxylation is 1. The first-order chi connectivity index (χ1) is 8.08. The van der Waals surface area contributed by atoms with Crippen LogP contribution in [0.2, 0.25) is 0 Å². The molecule has 1 aromatic rings. The molecule has 1 atom stereocenters. The van der Waals surface area contributed by atoms with Crippen molar-refractivity contribution in [2.75, 3.05) is 12.3 Å². The molecule has 6 heteroatoms. The van der Waals surface area contributed by atoms with E-state index in [0.29, 0.717) is 11.3 Å². The molecular formula is C11H13N3O3. The summed E-state index contributed by atoms with van der Waals surface area (Å²) in [5, 5.41) is 2.57. The van der Waals surface area contributed by atoms with Crippen LogP contribution in [-0.4, -0.2) is 24.5 Å². The summed E-state index contributed by atoms with van der Waals surface area (Å²) in [4.78, 5) is 27.7. The van der Waals surface area contributed by atoms with Gasteiger partial charge >= 0.3 is 0 Å². The molecule has 0 bridgehead atoms. The lowest BCUT2D eigenvalue weighted by atomic mass is 10.1. The summed E-state index contributed by atoms with van der Waals surface area (Å²) >= 11 is 0. The maximum Gasteiger partial charge on any atom is 0.268 e. The van der Waals surface area contributed by atoms with Crippen molar-refractivity contribution < 1.29 is 14.4 Å². The quantitative estimate of drug-likeness (QED) is 0.615. The predicted octanol–water partition coefficient (Wildman–Crippen LogP) is -0.263. The van der Waals surface area contributed by atoms with E-state index in [1.165, 1.54) is 0 Å². The summed E-state index contributed by atoms with van der Waals surface area (Å²) in [5.74, 6) is -0.663. The first-order valence-electron chi connectivity index (χ1n) is 5.16. The van der Waals surface area contributed by atoms with Crippen LogP contribution in [0, 0.1) is 6.92 Å². The Labute approximate surface area is 98.1 Å². The van der Waals surface area contributed by atoms with Crippen LogP contribution >= 0.6 is 0 Å². The van der Waals surface area contributed by atoms with Crippen LogP contribution in [0.5, 0.6) is 0 Å². The second kappa shape index (κ2) is 4.42. The molecule has 0 radical (unpaired) electrons. The highest BCUT2D eigenvalue weighted by atomic mass is 16.7. The average Bonchev–Trinajstić information content (AvgIpc) is 2.68. The van der Waals surface area contributed by atoms with E-state index in [2.05, 4.69) is 10.8 Å². The number of rotatable bonds is 2. The number of hydrogen-bond donors (Lipinski definition) is 3. The molecule has 2 rings (SSSR count). The zero-order valence-electron chi connectivity index (χ0n) is 9.32. The first kappa shape index (κ1) is 11.4. The van der Waals surface area contributed by atoms with Gasteiger partial charge in [0.1, 0.15) is 12.6 Å². The third kappa shape index (κ3) is 2.36. The van der Waals surface area contributed by atoms with Crippen molar-refractivity contribution in [1.82, 2.24) is 10.8 Å². The van der Waals surface area contributed by atoms with Gasteiger partial charge in [-0.2, -0.15) is 0 Å². The molecule has 17 heavy (non-hydrogen) atoms. The molecule has 1 fully saturated rings. The second-order valence-corrected chi connectivity index (χ2v) is 3.87. The Hall–Kier alpha value is -2.08. The van der Waals surface area contributed by atoms with E-state index in [4.69, 9.17) is 10.6 Å². The molecule has 1 aliphatic rings. The number of amides is 2. The maximum absolute atomic E-state index is 11.8. The highest BCUT2D eigenvalue weighted by Gasteiger charge is 2.27. The van der Waals surface area contributed by atoms with Crippen molar-refractivity contribution in [2.24, 2.45) is 0 Å². The van der Waals surface area contributed by atoms with Crippen LogP contribution in [0.15, 0.2) is 18.2 Å². The molecule has 1 heterocycles. The van der Waals surface area contributed by atoms with Crippen molar-refractivity contribution in [3.8, 4) is 0 Å². The molecule has 1 aliphatic heterocycles. The van der Waals surface area contributed by atoms with Gasteiger partial charge in [0.15, 0.2) is 0 Å². The molecule has 1 saturated heterocycles. The minimum Gasteiger partial charge on any atom is -0.399 e. The Morgan fingerprint density at radius 3 is 2.94 bits per heavy atom. The number of nitrogen functional groups attached to an aromatic ring is 1. The van der Waals surface area contributed by atoms with E-state index >= 15 is 0 Å². The summed E-state index contributed by atoms with van der Waals surface area (Å²) in [5.41, 5.74) is 9.75. The number of carbonyl (C=O) groups is 2. The molecule has 6 nitrogen and oxygen atoms in total. The lowest BCUT2D eigenvalue weighted by Gasteiger charge is -2.09. The van der Waals surface area contributed by atoms with Gasteiger partial charge in [-0.15, -0.1) is 0 Å². The maximum atomic E-state index is 11.8. The van der Waals surface area contributed by atoms with Crippen LogP contribution in [0.1, 0.15) is 15.9 Å². The van der Waals surface area contributed by atoms with Gasteiger partial charge in [-0.3, -0.25) is 14.4 Å². The number of benzene rings is 1. The van der Waals surface area contributed by atoms with Crippen molar-refractivity contribution in [3.05, 3.63) is 29.3 Å². The highest BCUT2D eigenvalue weighted by molar-refractivity contribution is 5.98. The van der Waals surface area contributed by atoms with Gasteiger partial charge in [0.05, 0.1) is 0 Å². The van der Waals surface area contributed by atoms with E-state index in [1.807, 2.05) is 6.92 Å². The van der Waals surface area contributed by atoms with Gasteiger partial charge in [0.2, 0.25) is 0 Å². The Bertz CT molecular complexity index is 473. The number of hydrogen-bond acceptors (Lipinski definition) is 4. The molecule has 2 amide bonds. The predicted molar refractivity (Wildman–Crippen MR) is 60.9 cm³/mol. The SMILES string of the molecule is Cc1cc(C(=O)N[C@@H]2CONC2=O)ccc1N. The fourth-order valence-corrected chi connectivity index (χ4v) is 1.51. The fourth-order valence-electron chi connectivity index (χ4n) is 1.51. The van der Waals surface area contributed by atoms with E-state index < -0.39 is 6.04 Å². The van der Waals surface area contributed by atoms with Crippen molar-refractivity contribution in [1.29, 1.82) is 0 Å². The zero-order valence-corrected chi connectivity index (χ0v) is 9.32. The van der Waals surface area contributed by atoms with E-state index in [1.54, 1.807) is 18.2 Å². The van der Waals surface area contributed by atoms with Gasteiger partial charge in [0, 0.05) is 11.3 Å². The summed E-state index contributed by atoms with van der Waals surface area (Å²) < 4.78 is 0. The lowest BCUT2D eigenvalue weighted by Crippen LogP contribution is -2.41. The van der Waals surface area contributed by atoms with Crippen molar-refractivity contribution >= 4 is 17.5 Å². The molecule has 0 aliphatic carbocycles. The number of hydroxylamine groups is 1. The molecular weight excluding hydrogens is 222 g/mol. The van der Waals surface area contributed by atoms with Crippen LogP contribution in [0.3, 0.4) is 0 Å². The standard InChI is InChI=1S/C11H13N3O3/c1-6-4-7(2-3-8(6)12)10(15)13-9-5-17-14-11(9)16/h2-4,9H,5,12H2,1H3,(H,13,15)(H,14,16)/t9-/m1/s1. The fraction of sp³-hybridized carbons (Fsp3) is 0.273. The van der Waals surface area contributed by atoms with E-state index in [-0.39, 0.29) is 18.4 Å². The van der Waals surface area contributed by atoms with Gasteiger partial charge in [-0.1, -0.05) is 0 Å². The van der Waals surface area contributed by atoms with E-state index in [9.17, 15) is 9.59 Å². The summed E-state index contributed by atoms with van der Waals surface area (Å²) in [6.45, 7) is 1.95. The molecule has 90 valence electrons. The summed E-state index contributed by atoms with van der Waals surface area (Å²) in [6.07, 6.45) is 0. The first-order valence-corrected chi connectivity index (χ1v) is 5.16. The molecule has 4 N–H and O–H groups in total. The third-order valence-corrected chi connectivity index (χ3v) is 2.58. The lowest BCUT2D eigenvalue weighted by molar-refractivity contribution is -0.125. The third-order valence-electron chi connectivity index (χ3n) is 2.58. The molecule has 0 spiro atoms. The Balaban J connectivity index is 2.09.